The molecule has 2 aliphatic rings. The summed E-state index contributed by atoms with van der Waals surface area (Å²) in [6.07, 6.45) is 0. The average Bonchev–Trinajstić information content (AvgIpc) is 3.00. The molecule has 2 atom stereocenters. The van der Waals surface area contributed by atoms with Crippen molar-refractivity contribution in [1.82, 2.24) is 13.5 Å². The minimum Gasteiger partial charge on any atom is -0.485 e. The Hall–Kier alpha value is -1.36. The van der Waals surface area contributed by atoms with E-state index in [1.807, 2.05) is 13.8 Å². The molecule has 3 heterocycles. The highest BCUT2D eigenvalue weighted by Crippen LogP contribution is 2.40. The molecule has 0 spiro atoms. The number of ether oxygens (including phenoxy) is 2. The lowest BCUT2D eigenvalue weighted by Crippen LogP contribution is -2.61. The minimum atomic E-state index is -3.51. The molecule has 2 aliphatic heterocycles. The Bertz CT molecular complexity index is 761. The zero-order valence-corrected chi connectivity index (χ0v) is 16.4. The van der Waals surface area contributed by atoms with E-state index in [9.17, 15) is 13.2 Å². The molecule has 0 aromatic carbocycles. The van der Waals surface area contributed by atoms with Gasteiger partial charge in [-0.25, -0.2) is 0 Å². The number of thiophene rings is 1. The summed E-state index contributed by atoms with van der Waals surface area (Å²) in [5.41, 5.74) is 0. The average molecular weight is 389 g/mol. The molecular weight excluding hydrogens is 366 g/mol. The van der Waals surface area contributed by atoms with Gasteiger partial charge in [-0.3, -0.25) is 4.79 Å². The van der Waals surface area contributed by atoms with Crippen molar-refractivity contribution in [2.24, 2.45) is 0 Å². The van der Waals surface area contributed by atoms with E-state index >= 15 is 0 Å². The van der Waals surface area contributed by atoms with Gasteiger partial charge >= 0.3 is 0 Å². The molecule has 8 nitrogen and oxygen atoms in total. The number of piperazine rings is 1. The number of carbonyl (C=O) groups excluding carboxylic acids is 1. The Morgan fingerprint density at radius 1 is 1.20 bits per heavy atom. The van der Waals surface area contributed by atoms with Crippen LogP contribution in [-0.2, 0) is 10.2 Å². The Balaban J connectivity index is 1.81. The molecule has 1 aromatic rings. The van der Waals surface area contributed by atoms with Crippen LogP contribution in [0.25, 0.3) is 0 Å². The third kappa shape index (κ3) is 3.12. The van der Waals surface area contributed by atoms with E-state index in [0.717, 1.165) is 0 Å². The Kier molecular flexibility index (Phi) is 4.97. The van der Waals surface area contributed by atoms with Crippen molar-refractivity contribution in [1.29, 1.82) is 0 Å². The molecule has 0 aliphatic carbocycles. The van der Waals surface area contributed by atoms with E-state index in [2.05, 4.69) is 0 Å². The van der Waals surface area contributed by atoms with Gasteiger partial charge in [-0.05, 0) is 13.8 Å². The van der Waals surface area contributed by atoms with Crippen LogP contribution in [0.15, 0.2) is 5.38 Å². The summed E-state index contributed by atoms with van der Waals surface area (Å²) < 4.78 is 38.7. The van der Waals surface area contributed by atoms with Crippen LogP contribution in [0.2, 0.25) is 0 Å². The fraction of sp³-hybridized carbons (Fsp3) is 0.667. The molecule has 0 N–H and O–H groups in total. The third-order valence-electron chi connectivity index (χ3n) is 4.72. The van der Waals surface area contributed by atoms with Crippen LogP contribution in [0, 0.1) is 0 Å². The van der Waals surface area contributed by atoms with Crippen LogP contribution in [0.1, 0.15) is 23.5 Å². The maximum Gasteiger partial charge on any atom is 0.281 e. The first-order chi connectivity index (χ1) is 11.7. The molecule has 10 heteroatoms. The van der Waals surface area contributed by atoms with E-state index in [0.29, 0.717) is 36.1 Å². The summed E-state index contributed by atoms with van der Waals surface area (Å²) in [7, 11) is -0.486. The van der Waals surface area contributed by atoms with E-state index in [-0.39, 0.29) is 24.5 Å². The Morgan fingerprint density at radius 3 is 2.56 bits per heavy atom. The van der Waals surface area contributed by atoms with Crippen molar-refractivity contribution < 1.29 is 22.7 Å². The summed E-state index contributed by atoms with van der Waals surface area (Å²) in [6.45, 7) is 5.20. The monoisotopic (exact) mass is 389 g/mol. The molecule has 3 rings (SSSR count). The van der Waals surface area contributed by atoms with Gasteiger partial charge < -0.3 is 14.4 Å². The van der Waals surface area contributed by atoms with E-state index in [4.69, 9.17) is 9.47 Å². The maximum absolute atomic E-state index is 13.0. The van der Waals surface area contributed by atoms with Gasteiger partial charge in [0.25, 0.3) is 16.1 Å². The molecule has 1 aromatic heterocycles. The van der Waals surface area contributed by atoms with Crippen LogP contribution in [-0.4, -0.2) is 80.3 Å². The predicted octanol–water partition coefficient (Wildman–Crippen LogP) is 0.861. The molecule has 1 fully saturated rings. The number of fused-ring (bicyclic) bond motifs is 1. The molecule has 0 unspecified atom stereocenters. The minimum absolute atomic E-state index is 0.141. The summed E-state index contributed by atoms with van der Waals surface area (Å²) in [5.74, 6) is 0.969. The van der Waals surface area contributed by atoms with Gasteiger partial charge in [-0.2, -0.15) is 17.0 Å². The van der Waals surface area contributed by atoms with Gasteiger partial charge in [0.05, 0.1) is 0 Å². The Labute approximate surface area is 152 Å². The van der Waals surface area contributed by atoms with Crippen molar-refractivity contribution in [3.63, 3.8) is 0 Å². The van der Waals surface area contributed by atoms with Gasteiger partial charge in [0.1, 0.15) is 18.1 Å². The van der Waals surface area contributed by atoms with Crippen LogP contribution in [0.4, 0.5) is 0 Å². The van der Waals surface area contributed by atoms with Crippen LogP contribution in [0.3, 0.4) is 0 Å². The Morgan fingerprint density at radius 2 is 1.88 bits per heavy atom. The molecule has 0 radical (unpaired) electrons. The van der Waals surface area contributed by atoms with Crippen molar-refractivity contribution in [2.45, 2.75) is 25.9 Å². The molecule has 140 valence electrons. The van der Waals surface area contributed by atoms with Crippen LogP contribution in [0.5, 0.6) is 11.5 Å². The SMILES string of the molecule is C[C@@H]1[C@H](C)N(C(=O)c2scc3c2OCCO3)CCN1S(=O)(=O)N(C)C. The molecule has 1 amide bonds. The fourth-order valence-corrected chi connectivity index (χ4v) is 5.29. The molecule has 25 heavy (non-hydrogen) atoms. The summed E-state index contributed by atoms with van der Waals surface area (Å²) in [6, 6.07) is -0.573. The van der Waals surface area contributed by atoms with Crippen molar-refractivity contribution in [2.75, 3.05) is 40.4 Å². The number of rotatable bonds is 3. The second-order valence-electron chi connectivity index (χ2n) is 6.34. The van der Waals surface area contributed by atoms with Gasteiger partial charge in [-0.1, -0.05) is 0 Å². The van der Waals surface area contributed by atoms with E-state index in [1.165, 1.54) is 34.0 Å². The lowest BCUT2D eigenvalue weighted by atomic mass is 10.1. The van der Waals surface area contributed by atoms with Crippen LogP contribution < -0.4 is 9.47 Å². The van der Waals surface area contributed by atoms with Crippen LogP contribution >= 0.6 is 11.3 Å². The topological polar surface area (TPSA) is 79.4 Å². The maximum atomic E-state index is 13.0. The van der Waals surface area contributed by atoms with Gasteiger partial charge in [0.15, 0.2) is 11.5 Å². The van der Waals surface area contributed by atoms with Crippen molar-refractivity contribution in [3.05, 3.63) is 10.3 Å². The first kappa shape index (κ1) is 18.4. The summed E-state index contributed by atoms with van der Waals surface area (Å²) >= 11 is 1.30. The number of hydrogen-bond donors (Lipinski definition) is 0. The highest BCUT2D eigenvalue weighted by atomic mass is 32.2. The third-order valence-corrected chi connectivity index (χ3v) is 7.68. The summed E-state index contributed by atoms with van der Waals surface area (Å²) in [5, 5.41) is 1.78. The van der Waals surface area contributed by atoms with Gasteiger partial charge in [-0.15, -0.1) is 11.3 Å². The second-order valence-corrected chi connectivity index (χ2v) is 9.31. The summed E-state index contributed by atoms with van der Waals surface area (Å²) in [4.78, 5) is 15.2. The first-order valence-corrected chi connectivity index (χ1v) is 10.4. The highest BCUT2D eigenvalue weighted by molar-refractivity contribution is 7.86. The molecule has 1 saturated heterocycles. The largest absolute Gasteiger partial charge is 0.485 e. The first-order valence-electron chi connectivity index (χ1n) is 8.12. The molecule has 0 saturated carbocycles. The van der Waals surface area contributed by atoms with Crippen molar-refractivity contribution in [3.8, 4) is 11.5 Å². The lowest BCUT2D eigenvalue weighted by molar-refractivity contribution is 0.0472. The standard InChI is InChI=1S/C15H23N3O5S2/c1-10-11(2)18(25(20,21)16(3)4)6-5-17(10)15(19)14-13-12(9-24-14)22-7-8-23-13/h9-11H,5-8H2,1-4H3/t10-,11+/m0/s1. The number of nitrogens with zero attached hydrogens (tertiary/aromatic N) is 3. The number of hydrogen-bond acceptors (Lipinski definition) is 6. The van der Waals surface area contributed by atoms with E-state index in [1.54, 1.807) is 10.3 Å². The lowest BCUT2D eigenvalue weighted by Gasteiger charge is -2.44. The number of carbonyl (C=O) groups is 1. The molecular formula is C15H23N3O5S2. The van der Waals surface area contributed by atoms with Gasteiger partial charge in [0, 0.05) is 44.6 Å². The zero-order valence-electron chi connectivity index (χ0n) is 14.8. The zero-order chi connectivity index (χ0) is 18.4. The van der Waals surface area contributed by atoms with E-state index < -0.39 is 10.2 Å². The normalized spacial score (nSPS) is 24.6. The van der Waals surface area contributed by atoms with Gasteiger partial charge in [0.2, 0.25) is 0 Å². The highest BCUT2D eigenvalue weighted by Gasteiger charge is 2.41. The molecule has 0 bridgehead atoms. The smallest absolute Gasteiger partial charge is 0.281 e. The second kappa shape index (κ2) is 6.75. The number of amides is 1. The predicted molar refractivity (Wildman–Crippen MR) is 94.6 cm³/mol. The van der Waals surface area contributed by atoms with Crippen molar-refractivity contribution >= 4 is 27.5 Å². The fourth-order valence-electron chi connectivity index (χ4n) is 3.08. The quantitative estimate of drug-likeness (QED) is 0.766.